The third-order valence-corrected chi connectivity index (χ3v) is 4.78. The van der Waals surface area contributed by atoms with E-state index in [1.165, 1.54) is 12.1 Å². The molecule has 0 saturated heterocycles. The summed E-state index contributed by atoms with van der Waals surface area (Å²) in [5.41, 5.74) is 1.83. The maximum atomic E-state index is 11.3. The lowest BCUT2D eigenvalue weighted by molar-refractivity contribution is 0.598. The van der Waals surface area contributed by atoms with Gasteiger partial charge >= 0.3 is 0 Å². The van der Waals surface area contributed by atoms with Gasteiger partial charge in [-0.3, -0.25) is 0 Å². The molecule has 3 rings (SSSR count). The van der Waals surface area contributed by atoms with Crippen molar-refractivity contribution in [1.82, 2.24) is 9.97 Å². The van der Waals surface area contributed by atoms with E-state index < -0.39 is 10.0 Å². The SMILES string of the molecule is CC(C)c1nc(NCc2ccc(S(N)(=O)=O)cc2)c2ccccc2n1. The largest absolute Gasteiger partial charge is 0.365 e. The van der Waals surface area contributed by atoms with Crippen LogP contribution < -0.4 is 10.5 Å². The number of aromatic nitrogens is 2. The lowest BCUT2D eigenvalue weighted by Gasteiger charge is -2.12. The summed E-state index contributed by atoms with van der Waals surface area (Å²) in [7, 11) is -3.67. The Hall–Kier alpha value is -2.51. The van der Waals surface area contributed by atoms with Crippen LogP contribution in [0.15, 0.2) is 53.4 Å². The fourth-order valence-electron chi connectivity index (χ4n) is 2.47. The Morgan fingerprint density at radius 1 is 1.04 bits per heavy atom. The van der Waals surface area contributed by atoms with Gasteiger partial charge in [0.25, 0.3) is 0 Å². The molecule has 0 amide bonds. The Kier molecular flexibility index (Phi) is 4.69. The van der Waals surface area contributed by atoms with E-state index in [1.54, 1.807) is 12.1 Å². The predicted molar refractivity (Wildman–Crippen MR) is 98.8 cm³/mol. The van der Waals surface area contributed by atoms with Crippen molar-refractivity contribution in [3.05, 3.63) is 59.9 Å². The van der Waals surface area contributed by atoms with Crippen LogP contribution in [0, 0.1) is 0 Å². The van der Waals surface area contributed by atoms with Crippen molar-refractivity contribution in [2.75, 3.05) is 5.32 Å². The third-order valence-electron chi connectivity index (χ3n) is 3.85. The molecule has 2 aromatic carbocycles. The number of rotatable bonds is 5. The number of nitrogens with one attached hydrogen (secondary N) is 1. The lowest BCUT2D eigenvalue weighted by atomic mass is 10.1. The number of anilines is 1. The number of hydrogen-bond acceptors (Lipinski definition) is 5. The van der Waals surface area contributed by atoms with Crippen molar-refractivity contribution < 1.29 is 8.42 Å². The minimum atomic E-state index is -3.67. The Bertz CT molecular complexity index is 999. The number of nitrogens with zero attached hydrogens (tertiary/aromatic N) is 2. The Morgan fingerprint density at radius 2 is 1.72 bits per heavy atom. The van der Waals surface area contributed by atoms with Crippen LogP contribution in [0.3, 0.4) is 0 Å². The van der Waals surface area contributed by atoms with Crippen LogP contribution in [0.4, 0.5) is 5.82 Å². The van der Waals surface area contributed by atoms with E-state index in [4.69, 9.17) is 5.14 Å². The van der Waals surface area contributed by atoms with Gasteiger partial charge in [0.05, 0.1) is 10.4 Å². The molecule has 1 aromatic heterocycles. The second-order valence-electron chi connectivity index (χ2n) is 6.14. The van der Waals surface area contributed by atoms with E-state index in [-0.39, 0.29) is 10.8 Å². The molecule has 0 aliphatic carbocycles. The third kappa shape index (κ3) is 3.94. The summed E-state index contributed by atoms with van der Waals surface area (Å²) in [5.74, 6) is 1.77. The summed E-state index contributed by atoms with van der Waals surface area (Å²) in [5, 5.41) is 9.40. The number of fused-ring (bicyclic) bond motifs is 1. The molecule has 0 radical (unpaired) electrons. The van der Waals surface area contributed by atoms with Crippen LogP contribution in [0.1, 0.15) is 31.2 Å². The molecule has 7 heteroatoms. The quantitative estimate of drug-likeness (QED) is 0.732. The normalized spacial score (nSPS) is 11.8. The highest BCUT2D eigenvalue weighted by Crippen LogP contribution is 2.23. The molecule has 0 saturated carbocycles. The van der Waals surface area contributed by atoms with Crippen molar-refractivity contribution in [2.24, 2.45) is 5.14 Å². The smallest absolute Gasteiger partial charge is 0.238 e. The van der Waals surface area contributed by atoms with Gasteiger partial charge in [-0.15, -0.1) is 0 Å². The number of sulfonamides is 1. The standard InChI is InChI=1S/C18H20N4O2S/c1-12(2)17-21-16-6-4-3-5-15(16)18(22-17)20-11-13-7-9-14(10-8-13)25(19,23)24/h3-10,12H,11H2,1-2H3,(H2,19,23,24)(H,20,21,22). The first-order valence-electron chi connectivity index (χ1n) is 7.97. The van der Waals surface area contributed by atoms with E-state index in [1.807, 2.05) is 24.3 Å². The summed E-state index contributed by atoms with van der Waals surface area (Å²) in [6.45, 7) is 4.63. The van der Waals surface area contributed by atoms with Crippen molar-refractivity contribution in [3.8, 4) is 0 Å². The fourth-order valence-corrected chi connectivity index (χ4v) is 2.99. The molecular formula is C18H20N4O2S. The molecule has 0 aliphatic heterocycles. The number of hydrogen-bond donors (Lipinski definition) is 2. The molecule has 0 aliphatic rings. The topological polar surface area (TPSA) is 98.0 Å². The van der Waals surface area contributed by atoms with E-state index >= 15 is 0 Å². The number of para-hydroxylation sites is 1. The van der Waals surface area contributed by atoms with E-state index in [9.17, 15) is 8.42 Å². The van der Waals surface area contributed by atoms with Crippen LogP contribution in [-0.4, -0.2) is 18.4 Å². The second-order valence-corrected chi connectivity index (χ2v) is 7.71. The number of primary sulfonamides is 1. The van der Waals surface area contributed by atoms with E-state index in [0.29, 0.717) is 6.54 Å². The molecular weight excluding hydrogens is 336 g/mol. The molecule has 0 atom stereocenters. The monoisotopic (exact) mass is 356 g/mol. The highest BCUT2D eigenvalue weighted by Gasteiger charge is 2.10. The van der Waals surface area contributed by atoms with Crippen LogP contribution in [-0.2, 0) is 16.6 Å². The zero-order valence-corrected chi connectivity index (χ0v) is 14.9. The zero-order chi connectivity index (χ0) is 18.0. The molecule has 3 aromatic rings. The Morgan fingerprint density at radius 3 is 2.36 bits per heavy atom. The molecule has 0 bridgehead atoms. The molecule has 0 spiro atoms. The summed E-state index contributed by atoms with van der Waals surface area (Å²) < 4.78 is 22.6. The van der Waals surface area contributed by atoms with Crippen LogP contribution in [0.25, 0.3) is 10.9 Å². The zero-order valence-electron chi connectivity index (χ0n) is 14.1. The van der Waals surface area contributed by atoms with Gasteiger partial charge in [0.2, 0.25) is 10.0 Å². The molecule has 0 fully saturated rings. The summed E-state index contributed by atoms with van der Waals surface area (Å²) in [6.07, 6.45) is 0. The van der Waals surface area contributed by atoms with Gasteiger partial charge in [-0.2, -0.15) is 0 Å². The predicted octanol–water partition coefficient (Wildman–Crippen LogP) is 3.01. The van der Waals surface area contributed by atoms with Crippen molar-refractivity contribution in [2.45, 2.75) is 31.2 Å². The van der Waals surface area contributed by atoms with Crippen molar-refractivity contribution in [3.63, 3.8) is 0 Å². The summed E-state index contributed by atoms with van der Waals surface area (Å²) in [4.78, 5) is 9.33. The minimum absolute atomic E-state index is 0.103. The second kappa shape index (κ2) is 6.78. The van der Waals surface area contributed by atoms with Gasteiger partial charge < -0.3 is 5.32 Å². The number of benzene rings is 2. The van der Waals surface area contributed by atoms with Crippen molar-refractivity contribution in [1.29, 1.82) is 0 Å². The average Bonchev–Trinajstić information content (AvgIpc) is 2.59. The number of nitrogens with two attached hydrogens (primary N) is 1. The summed E-state index contributed by atoms with van der Waals surface area (Å²) >= 11 is 0. The Labute approximate surface area is 147 Å². The molecule has 25 heavy (non-hydrogen) atoms. The van der Waals surface area contributed by atoms with Gasteiger partial charge in [-0.1, -0.05) is 38.1 Å². The summed E-state index contributed by atoms with van der Waals surface area (Å²) in [6, 6.07) is 14.3. The van der Waals surface area contributed by atoms with E-state index in [0.717, 1.165) is 28.1 Å². The minimum Gasteiger partial charge on any atom is -0.365 e. The molecule has 130 valence electrons. The molecule has 1 heterocycles. The highest BCUT2D eigenvalue weighted by molar-refractivity contribution is 7.89. The van der Waals surface area contributed by atoms with Gasteiger partial charge in [0.1, 0.15) is 11.6 Å². The molecule has 3 N–H and O–H groups in total. The maximum absolute atomic E-state index is 11.3. The Balaban J connectivity index is 1.88. The highest BCUT2D eigenvalue weighted by atomic mass is 32.2. The first-order valence-corrected chi connectivity index (χ1v) is 9.51. The van der Waals surface area contributed by atoms with E-state index in [2.05, 4.69) is 29.1 Å². The van der Waals surface area contributed by atoms with Crippen LogP contribution in [0.5, 0.6) is 0 Å². The van der Waals surface area contributed by atoms with Gasteiger partial charge in [0, 0.05) is 17.8 Å². The fraction of sp³-hybridized carbons (Fsp3) is 0.222. The van der Waals surface area contributed by atoms with Crippen molar-refractivity contribution >= 4 is 26.7 Å². The van der Waals surface area contributed by atoms with Crippen LogP contribution >= 0.6 is 0 Å². The molecule has 0 unspecified atom stereocenters. The van der Waals surface area contributed by atoms with Gasteiger partial charge in [0.15, 0.2) is 0 Å². The first-order chi connectivity index (χ1) is 11.8. The first kappa shape index (κ1) is 17.3. The van der Waals surface area contributed by atoms with Gasteiger partial charge in [-0.05, 0) is 29.8 Å². The van der Waals surface area contributed by atoms with Gasteiger partial charge in [-0.25, -0.2) is 23.5 Å². The molecule has 6 nitrogen and oxygen atoms in total. The van der Waals surface area contributed by atoms with Crippen LogP contribution in [0.2, 0.25) is 0 Å². The lowest BCUT2D eigenvalue weighted by Crippen LogP contribution is -2.12. The maximum Gasteiger partial charge on any atom is 0.238 e. The average molecular weight is 356 g/mol.